The molecule has 3 rings (SSSR count). The van der Waals surface area contributed by atoms with Crippen LogP contribution in [0.4, 0.5) is 18.9 Å². The minimum Gasteiger partial charge on any atom is -0.493 e. The standard InChI is InChI=1S/C18H15ClF3N3O3/c1-26-14-6-3-10(7-15(14)27-2)17-25-24-16(28-17)9-23-11-4-5-13(19)12(8-11)18(20,21)22/h3-8,23H,9H2,1-2H3. The van der Waals surface area contributed by atoms with Crippen molar-refractivity contribution in [2.24, 2.45) is 0 Å². The fraction of sp³-hybridized carbons (Fsp3) is 0.222. The van der Waals surface area contributed by atoms with Crippen LogP contribution in [0.2, 0.25) is 5.02 Å². The van der Waals surface area contributed by atoms with Crippen LogP contribution in [0.15, 0.2) is 40.8 Å². The van der Waals surface area contributed by atoms with Crippen LogP contribution in [0.1, 0.15) is 11.5 Å². The molecule has 0 aliphatic rings. The Morgan fingerprint density at radius 1 is 1.04 bits per heavy atom. The SMILES string of the molecule is COc1ccc(-c2nnc(CNc3ccc(Cl)c(C(F)(F)F)c3)o2)cc1OC. The van der Waals surface area contributed by atoms with Gasteiger partial charge in [0.2, 0.25) is 11.8 Å². The van der Waals surface area contributed by atoms with Crippen LogP contribution >= 0.6 is 11.6 Å². The van der Waals surface area contributed by atoms with Gasteiger partial charge in [-0.15, -0.1) is 10.2 Å². The minimum atomic E-state index is -4.54. The van der Waals surface area contributed by atoms with Crippen molar-refractivity contribution < 1.29 is 27.1 Å². The summed E-state index contributed by atoms with van der Waals surface area (Å²) in [6.45, 7) is 0.0409. The summed E-state index contributed by atoms with van der Waals surface area (Å²) < 4.78 is 54.7. The first-order valence-electron chi connectivity index (χ1n) is 7.97. The predicted molar refractivity (Wildman–Crippen MR) is 96.6 cm³/mol. The molecule has 148 valence electrons. The van der Waals surface area contributed by atoms with E-state index in [-0.39, 0.29) is 29.0 Å². The number of methoxy groups -OCH3 is 2. The Bertz CT molecular complexity index is 976. The monoisotopic (exact) mass is 413 g/mol. The molecule has 28 heavy (non-hydrogen) atoms. The van der Waals surface area contributed by atoms with Crippen molar-refractivity contribution in [3.8, 4) is 23.0 Å². The second-order valence-corrected chi connectivity index (χ2v) is 6.02. The van der Waals surface area contributed by atoms with Crippen LogP contribution in [0, 0.1) is 0 Å². The highest BCUT2D eigenvalue weighted by molar-refractivity contribution is 6.31. The summed E-state index contributed by atoms with van der Waals surface area (Å²) in [5.74, 6) is 1.49. The third-order valence-electron chi connectivity index (χ3n) is 3.81. The van der Waals surface area contributed by atoms with Crippen LogP contribution in [0.3, 0.4) is 0 Å². The van der Waals surface area contributed by atoms with E-state index in [0.717, 1.165) is 6.07 Å². The maximum Gasteiger partial charge on any atom is 0.417 e. The van der Waals surface area contributed by atoms with Crippen molar-refractivity contribution in [2.75, 3.05) is 19.5 Å². The van der Waals surface area contributed by atoms with Crippen LogP contribution in [0.5, 0.6) is 11.5 Å². The van der Waals surface area contributed by atoms with E-state index in [0.29, 0.717) is 17.1 Å². The van der Waals surface area contributed by atoms with E-state index in [4.69, 9.17) is 25.5 Å². The van der Waals surface area contributed by atoms with Crippen LogP contribution in [-0.2, 0) is 12.7 Å². The van der Waals surface area contributed by atoms with Gasteiger partial charge in [0.05, 0.1) is 31.4 Å². The summed E-state index contributed by atoms with van der Waals surface area (Å²) in [7, 11) is 3.03. The van der Waals surface area contributed by atoms with E-state index in [1.165, 1.54) is 26.4 Å². The highest BCUT2D eigenvalue weighted by Gasteiger charge is 2.33. The molecule has 0 fully saturated rings. The number of alkyl halides is 3. The third-order valence-corrected chi connectivity index (χ3v) is 4.14. The third kappa shape index (κ3) is 4.30. The molecule has 0 spiro atoms. The van der Waals surface area contributed by atoms with Crippen molar-refractivity contribution in [3.05, 3.63) is 52.9 Å². The van der Waals surface area contributed by atoms with Gasteiger partial charge in [-0.05, 0) is 36.4 Å². The van der Waals surface area contributed by atoms with E-state index in [2.05, 4.69) is 15.5 Å². The zero-order valence-electron chi connectivity index (χ0n) is 14.8. The zero-order valence-corrected chi connectivity index (χ0v) is 15.6. The molecule has 0 radical (unpaired) electrons. The fourth-order valence-electron chi connectivity index (χ4n) is 2.44. The number of rotatable bonds is 6. The molecule has 0 bridgehead atoms. The smallest absolute Gasteiger partial charge is 0.417 e. The van der Waals surface area contributed by atoms with Gasteiger partial charge in [-0.1, -0.05) is 11.6 Å². The highest BCUT2D eigenvalue weighted by Crippen LogP contribution is 2.36. The first-order chi connectivity index (χ1) is 13.3. The number of anilines is 1. The lowest BCUT2D eigenvalue weighted by Gasteiger charge is -2.11. The number of benzene rings is 2. The van der Waals surface area contributed by atoms with Crippen LogP contribution < -0.4 is 14.8 Å². The normalized spacial score (nSPS) is 11.4. The zero-order chi connectivity index (χ0) is 20.3. The lowest BCUT2D eigenvalue weighted by atomic mass is 10.2. The summed E-state index contributed by atoms with van der Waals surface area (Å²) in [6.07, 6.45) is -4.54. The van der Waals surface area contributed by atoms with Crippen molar-refractivity contribution in [3.63, 3.8) is 0 Å². The maximum absolute atomic E-state index is 12.9. The summed E-state index contributed by atoms with van der Waals surface area (Å²) in [5.41, 5.74) is -0.0828. The summed E-state index contributed by atoms with van der Waals surface area (Å²) in [6, 6.07) is 8.63. The maximum atomic E-state index is 12.9. The molecule has 2 aromatic carbocycles. The average molecular weight is 414 g/mol. The van der Waals surface area contributed by atoms with E-state index < -0.39 is 11.7 Å². The van der Waals surface area contributed by atoms with Gasteiger partial charge in [-0.2, -0.15) is 13.2 Å². The van der Waals surface area contributed by atoms with Crippen molar-refractivity contribution in [2.45, 2.75) is 12.7 Å². The molecule has 0 unspecified atom stereocenters. The fourth-order valence-corrected chi connectivity index (χ4v) is 2.67. The Hall–Kier alpha value is -2.94. The van der Waals surface area contributed by atoms with E-state index >= 15 is 0 Å². The molecule has 0 saturated carbocycles. The molecule has 6 nitrogen and oxygen atoms in total. The number of nitrogens with zero attached hydrogens (tertiary/aromatic N) is 2. The van der Waals surface area contributed by atoms with E-state index in [1.807, 2.05) is 0 Å². The van der Waals surface area contributed by atoms with Crippen molar-refractivity contribution in [1.29, 1.82) is 0 Å². The number of halogens is 4. The Labute approximate surface area is 163 Å². The van der Waals surface area contributed by atoms with Gasteiger partial charge in [0, 0.05) is 11.3 Å². The molecule has 0 aliphatic heterocycles. The molecule has 1 heterocycles. The summed E-state index contributed by atoms with van der Waals surface area (Å²) in [4.78, 5) is 0. The molecule has 1 N–H and O–H groups in total. The summed E-state index contributed by atoms with van der Waals surface area (Å²) in [5, 5.41) is 10.3. The number of hydrogen-bond acceptors (Lipinski definition) is 6. The van der Waals surface area contributed by atoms with Gasteiger partial charge in [-0.25, -0.2) is 0 Å². The Kier molecular flexibility index (Phi) is 5.64. The quantitative estimate of drug-likeness (QED) is 0.610. The van der Waals surface area contributed by atoms with Gasteiger partial charge in [0.1, 0.15) is 0 Å². The average Bonchev–Trinajstić information content (AvgIpc) is 3.15. The van der Waals surface area contributed by atoms with Gasteiger partial charge in [0.25, 0.3) is 0 Å². The van der Waals surface area contributed by atoms with Crippen molar-refractivity contribution >= 4 is 17.3 Å². The van der Waals surface area contributed by atoms with Gasteiger partial charge >= 0.3 is 6.18 Å². The first-order valence-corrected chi connectivity index (χ1v) is 8.35. The second-order valence-electron chi connectivity index (χ2n) is 5.62. The van der Waals surface area contributed by atoms with Gasteiger partial charge in [0.15, 0.2) is 11.5 Å². The molecular weight excluding hydrogens is 399 g/mol. The molecule has 0 amide bonds. The molecule has 0 saturated heterocycles. The number of aromatic nitrogens is 2. The number of ether oxygens (including phenoxy) is 2. The molecule has 1 aromatic heterocycles. The van der Waals surface area contributed by atoms with Gasteiger partial charge < -0.3 is 19.2 Å². The van der Waals surface area contributed by atoms with Crippen molar-refractivity contribution in [1.82, 2.24) is 10.2 Å². The van der Waals surface area contributed by atoms with E-state index in [1.54, 1.807) is 18.2 Å². The summed E-state index contributed by atoms with van der Waals surface area (Å²) >= 11 is 5.61. The Morgan fingerprint density at radius 3 is 2.46 bits per heavy atom. The Balaban J connectivity index is 1.74. The van der Waals surface area contributed by atoms with E-state index in [9.17, 15) is 13.2 Å². The largest absolute Gasteiger partial charge is 0.493 e. The molecule has 3 aromatic rings. The molecule has 0 atom stereocenters. The van der Waals surface area contributed by atoms with Gasteiger partial charge in [-0.3, -0.25) is 0 Å². The second kappa shape index (κ2) is 7.97. The molecular formula is C18H15ClF3N3O3. The molecule has 10 heteroatoms. The first kappa shape index (κ1) is 19.8. The van der Waals surface area contributed by atoms with Crippen LogP contribution in [-0.4, -0.2) is 24.4 Å². The molecule has 0 aliphatic carbocycles. The number of hydrogen-bond donors (Lipinski definition) is 1. The van der Waals surface area contributed by atoms with Crippen LogP contribution in [0.25, 0.3) is 11.5 Å². The number of nitrogens with one attached hydrogen (secondary N) is 1. The predicted octanol–water partition coefficient (Wildman–Crippen LogP) is 5.04. The Morgan fingerprint density at radius 2 is 1.79 bits per heavy atom. The highest BCUT2D eigenvalue weighted by atomic mass is 35.5. The minimum absolute atomic E-state index is 0.0409. The topological polar surface area (TPSA) is 69.4 Å². The lowest BCUT2D eigenvalue weighted by Crippen LogP contribution is -2.07. The lowest BCUT2D eigenvalue weighted by molar-refractivity contribution is -0.137.